The highest BCUT2D eigenvalue weighted by molar-refractivity contribution is 7.86. The Morgan fingerprint density at radius 2 is 1.39 bits per heavy atom. The van der Waals surface area contributed by atoms with Crippen molar-refractivity contribution in [2.75, 3.05) is 0 Å². The normalized spacial score (nSPS) is 13.5. The number of aromatic nitrogens is 1. The number of hydrogen-bond donors (Lipinski definition) is 0. The molecule has 1 aromatic heterocycles. The lowest BCUT2D eigenvalue weighted by Crippen LogP contribution is -2.44. The molecule has 0 spiro atoms. The average Bonchev–Trinajstić information content (AvgIpc) is 2.88. The number of pyridine rings is 1. The average molecular weight is 560 g/mol. The predicted molar refractivity (Wildman–Crippen MR) is 141 cm³/mol. The summed E-state index contributed by atoms with van der Waals surface area (Å²) in [5.41, 5.74) is 4.91. The molecular weight excluding hydrogens is 535 g/mol. The van der Waals surface area contributed by atoms with E-state index in [0.29, 0.717) is 0 Å². The third kappa shape index (κ3) is 6.09. The van der Waals surface area contributed by atoms with E-state index in [2.05, 4.69) is 102 Å². The molecule has 1 aliphatic carbocycles. The molecule has 0 aliphatic heterocycles. The molecule has 0 fully saturated rings. The first-order valence-electron chi connectivity index (χ1n) is 11.9. The monoisotopic (exact) mass is 559 g/mol. The molecular formula is C29H25ClF3NO3S. The van der Waals surface area contributed by atoms with Crippen molar-refractivity contribution in [2.24, 2.45) is 0 Å². The van der Waals surface area contributed by atoms with Crippen molar-refractivity contribution in [1.29, 1.82) is 0 Å². The number of alkyl halides is 4. The number of aryl methyl sites for hydroxylation is 1. The van der Waals surface area contributed by atoms with Crippen LogP contribution in [0, 0.1) is 0 Å². The third-order valence-electron chi connectivity index (χ3n) is 6.24. The summed E-state index contributed by atoms with van der Waals surface area (Å²) in [6, 6.07) is 32.7. The quantitative estimate of drug-likeness (QED) is 0.120. The summed E-state index contributed by atoms with van der Waals surface area (Å²) in [6.07, 6.45) is 2.12. The van der Waals surface area contributed by atoms with Gasteiger partial charge in [-0.25, -0.2) is 8.42 Å². The summed E-state index contributed by atoms with van der Waals surface area (Å²) in [5, 5.41) is 0.0400. The lowest BCUT2D eigenvalue weighted by Gasteiger charge is -2.23. The van der Waals surface area contributed by atoms with Gasteiger partial charge in [0.2, 0.25) is 11.4 Å². The fourth-order valence-corrected chi connectivity index (χ4v) is 4.81. The minimum Gasteiger partial charge on any atom is -0.741 e. The smallest absolute Gasteiger partial charge is 0.485 e. The van der Waals surface area contributed by atoms with Gasteiger partial charge in [-0.05, 0) is 54.7 Å². The van der Waals surface area contributed by atoms with Crippen LogP contribution >= 0.6 is 11.6 Å². The van der Waals surface area contributed by atoms with Crippen molar-refractivity contribution in [3.05, 3.63) is 102 Å². The Labute approximate surface area is 225 Å². The molecule has 4 aromatic rings. The van der Waals surface area contributed by atoms with Gasteiger partial charge in [-0.3, -0.25) is 0 Å². The Bertz CT molecular complexity index is 1520. The van der Waals surface area contributed by atoms with Crippen LogP contribution in [0.1, 0.15) is 18.1 Å². The van der Waals surface area contributed by atoms with Gasteiger partial charge in [-0.2, -0.15) is 17.7 Å². The molecule has 4 nitrogen and oxygen atoms in total. The fourth-order valence-electron chi connectivity index (χ4n) is 4.67. The van der Waals surface area contributed by atoms with Crippen molar-refractivity contribution in [3.63, 3.8) is 0 Å². The van der Waals surface area contributed by atoms with Crippen LogP contribution in [-0.2, 0) is 29.5 Å². The maximum absolute atomic E-state index is 10.7. The summed E-state index contributed by atoms with van der Waals surface area (Å²) >= 11 is 6.58. The lowest BCUT2D eigenvalue weighted by molar-refractivity contribution is -0.675. The van der Waals surface area contributed by atoms with E-state index in [1.54, 1.807) is 0 Å². The van der Waals surface area contributed by atoms with Crippen LogP contribution in [0.4, 0.5) is 13.2 Å². The number of nitrogens with zero attached hydrogens (tertiary/aromatic N) is 1. The van der Waals surface area contributed by atoms with E-state index in [1.807, 2.05) is 0 Å². The van der Waals surface area contributed by atoms with Crippen molar-refractivity contribution < 1.29 is 30.7 Å². The van der Waals surface area contributed by atoms with Crippen LogP contribution in [0.15, 0.2) is 91.0 Å². The zero-order valence-corrected chi connectivity index (χ0v) is 22.0. The molecule has 1 heterocycles. The second kappa shape index (κ2) is 11.3. The van der Waals surface area contributed by atoms with Gasteiger partial charge in [0, 0.05) is 22.8 Å². The van der Waals surface area contributed by atoms with Crippen LogP contribution < -0.4 is 4.57 Å². The largest absolute Gasteiger partial charge is 0.741 e. The molecule has 0 amide bonds. The minimum absolute atomic E-state index is 0.0400. The Hall–Kier alpha value is -3.20. The van der Waals surface area contributed by atoms with Crippen LogP contribution in [-0.4, -0.2) is 23.9 Å². The van der Waals surface area contributed by atoms with Crippen LogP contribution in [0.25, 0.3) is 33.6 Å². The minimum atomic E-state index is -6.09. The highest BCUT2D eigenvalue weighted by Gasteiger charge is 2.37. The van der Waals surface area contributed by atoms with E-state index in [1.165, 1.54) is 44.8 Å². The molecule has 3 aromatic carbocycles. The first kappa shape index (κ1) is 27.8. The maximum Gasteiger partial charge on any atom is 0.485 e. The molecule has 0 N–H and O–H groups in total. The van der Waals surface area contributed by atoms with Gasteiger partial charge < -0.3 is 4.55 Å². The van der Waals surface area contributed by atoms with Crippen molar-refractivity contribution in [2.45, 2.75) is 37.2 Å². The summed E-state index contributed by atoms with van der Waals surface area (Å²) in [4.78, 5) is 0. The van der Waals surface area contributed by atoms with Gasteiger partial charge in [0.15, 0.2) is 16.7 Å². The van der Waals surface area contributed by atoms with Crippen molar-refractivity contribution in [1.82, 2.24) is 0 Å². The van der Waals surface area contributed by atoms with E-state index in [-0.39, 0.29) is 5.38 Å². The Kier molecular flexibility index (Phi) is 8.25. The molecule has 1 unspecified atom stereocenters. The Balaban J connectivity index is 0.000000368. The van der Waals surface area contributed by atoms with Gasteiger partial charge in [-0.1, -0.05) is 66.7 Å². The zero-order chi connectivity index (χ0) is 27.5. The van der Waals surface area contributed by atoms with Crippen LogP contribution in [0.3, 0.4) is 0 Å². The Morgan fingerprint density at radius 1 is 0.868 bits per heavy atom. The molecule has 1 atom stereocenters. The Morgan fingerprint density at radius 3 is 1.95 bits per heavy atom. The van der Waals surface area contributed by atoms with Crippen LogP contribution in [0.2, 0.25) is 0 Å². The summed E-state index contributed by atoms with van der Waals surface area (Å²) < 4.78 is 61.4. The van der Waals surface area contributed by atoms with Gasteiger partial charge in [0.1, 0.15) is 0 Å². The first-order valence-corrected chi connectivity index (χ1v) is 13.8. The zero-order valence-electron chi connectivity index (χ0n) is 20.5. The molecule has 198 valence electrons. The maximum atomic E-state index is 10.7. The third-order valence-corrected chi connectivity index (χ3v) is 6.95. The van der Waals surface area contributed by atoms with Gasteiger partial charge >= 0.3 is 5.51 Å². The van der Waals surface area contributed by atoms with E-state index in [4.69, 9.17) is 24.6 Å². The molecule has 9 heteroatoms. The molecule has 5 rings (SSSR count). The highest BCUT2D eigenvalue weighted by Crippen LogP contribution is 2.39. The van der Waals surface area contributed by atoms with Gasteiger partial charge in [-0.15, -0.1) is 11.6 Å². The topological polar surface area (TPSA) is 61.1 Å². The number of rotatable bonds is 4. The second-order valence-corrected chi connectivity index (χ2v) is 11.1. The summed E-state index contributed by atoms with van der Waals surface area (Å²) in [5.74, 6) is 0. The lowest BCUT2D eigenvalue weighted by atomic mass is 9.83. The van der Waals surface area contributed by atoms with Crippen molar-refractivity contribution in [3.8, 4) is 33.6 Å². The second-order valence-electron chi connectivity index (χ2n) is 8.95. The number of hydrogen-bond acceptors (Lipinski definition) is 3. The van der Waals surface area contributed by atoms with Gasteiger partial charge in [0.05, 0.1) is 5.38 Å². The highest BCUT2D eigenvalue weighted by atomic mass is 35.5. The summed E-state index contributed by atoms with van der Waals surface area (Å²) in [7, 11) is -6.09. The predicted octanol–water partition coefficient (Wildman–Crippen LogP) is 6.75. The van der Waals surface area contributed by atoms with E-state index in [9.17, 15) is 13.2 Å². The molecule has 1 aliphatic rings. The molecule has 0 bridgehead atoms. The van der Waals surface area contributed by atoms with Crippen molar-refractivity contribution >= 4 is 21.7 Å². The number of benzene rings is 3. The SMILES string of the molecule is CC(Cl)C[n+]1c(-c2ccccc2)cc(-c2ccccc2)c2c1-c1ccccc1CC2.O=S(=O)([O-])C(F)(F)F. The fraction of sp³-hybridized carbons (Fsp3) is 0.207. The molecule has 0 saturated heterocycles. The van der Waals surface area contributed by atoms with E-state index in [0.717, 1.165) is 19.4 Å². The van der Waals surface area contributed by atoms with Gasteiger partial charge in [0.25, 0.3) is 0 Å². The molecule has 0 saturated carbocycles. The van der Waals surface area contributed by atoms with E-state index >= 15 is 0 Å². The first-order chi connectivity index (χ1) is 18.0. The standard InChI is InChI=1S/C28H25ClN.CHF3O3S/c1-20(29)19-30-27(23-13-6-3-7-14-23)18-26(21-10-4-2-5-11-21)25-17-16-22-12-8-9-15-24(22)28(25)30;2-1(3,4)8(5,6)7/h2-15,18,20H,16-17,19H2,1H3;(H,5,6,7)/q+1;/p-1. The van der Waals surface area contributed by atoms with Crippen LogP contribution in [0.5, 0.6) is 0 Å². The molecule has 38 heavy (non-hydrogen) atoms. The van der Waals surface area contributed by atoms with E-state index < -0.39 is 15.6 Å². The summed E-state index contributed by atoms with van der Waals surface area (Å²) in [6.45, 7) is 2.85. The number of fused-ring (bicyclic) bond motifs is 3. The number of halogens is 4. The molecule has 0 radical (unpaired) electrons.